The fourth-order valence-electron chi connectivity index (χ4n) is 2.14. The van der Waals surface area contributed by atoms with Crippen molar-refractivity contribution in [2.75, 3.05) is 33.8 Å². The van der Waals surface area contributed by atoms with Gasteiger partial charge in [0.25, 0.3) is 0 Å². The van der Waals surface area contributed by atoms with Gasteiger partial charge < -0.3 is 9.64 Å². The van der Waals surface area contributed by atoms with E-state index in [1.165, 1.54) is 20.2 Å². The van der Waals surface area contributed by atoms with Crippen molar-refractivity contribution in [2.24, 2.45) is 0 Å². The molecule has 0 saturated heterocycles. The number of aryl methyl sites for hydroxylation is 1. The highest BCUT2D eigenvalue weighted by atomic mass is 32.2. The predicted molar refractivity (Wildman–Crippen MR) is 85.5 cm³/mol. The quantitative estimate of drug-likeness (QED) is 0.760. The molecule has 0 aliphatic rings. The number of methoxy groups -OCH3 is 1. The van der Waals surface area contributed by atoms with Crippen molar-refractivity contribution in [2.45, 2.75) is 25.7 Å². The van der Waals surface area contributed by atoms with E-state index >= 15 is 0 Å². The van der Waals surface area contributed by atoms with Crippen LogP contribution in [0.25, 0.3) is 0 Å². The summed E-state index contributed by atoms with van der Waals surface area (Å²) in [6, 6.07) is 4.65. The number of rotatable bonds is 7. The highest BCUT2D eigenvalue weighted by molar-refractivity contribution is 7.89. The number of sulfonamides is 1. The lowest BCUT2D eigenvalue weighted by molar-refractivity contribution is -0.130. The molecule has 0 spiro atoms. The van der Waals surface area contributed by atoms with E-state index in [-0.39, 0.29) is 17.3 Å². The van der Waals surface area contributed by atoms with Crippen LogP contribution < -0.4 is 4.74 Å². The van der Waals surface area contributed by atoms with Gasteiger partial charge in [0, 0.05) is 20.1 Å². The summed E-state index contributed by atoms with van der Waals surface area (Å²) < 4.78 is 31.3. The van der Waals surface area contributed by atoms with Crippen LogP contribution in [-0.2, 0) is 14.8 Å². The summed E-state index contributed by atoms with van der Waals surface area (Å²) >= 11 is 0. The summed E-state index contributed by atoms with van der Waals surface area (Å²) in [6.07, 6.45) is 0. The standard InChI is InChI=1S/C15H24N2O4S/c1-6-17(7-2)15(18)11-16(4)22(19,20)13-8-9-14(21-5)12(3)10-13/h8-10H,6-7,11H2,1-5H3. The van der Waals surface area contributed by atoms with Gasteiger partial charge in [-0.15, -0.1) is 0 Å². The third-order valence-corrected chi connectivity index (χ3v) is 5.35. The van der Waals surface area contributed by atoms with Crippen LogP contribution in [0, 0.1) is 6.92 Å². The van der Waals surface area contributed by atoms with Crippen molar-refractivity contribution < 1.29 is 17.9 Å². The predicted octanol–water partition coefficient (Wildman–Crippen LogP) is 1.49. The first-order chi connectivity index (χ1) is 10.3. The summed E-state index contributed by atoms with van der Waals surface area (Å²) in [7, 11) is -0.755. The smallest absolute Gasteiger partial charge is 0.243 e. The van der Waals surface area contributed by atoms with Crippen LogP contribution in [0.5, 0.6) is 5.75 Å². The molecule has 0 aromatic heterocycles. The second-order valence-electron chi connectivity index (χ2n) is 4.96. The van der Waals surface area contributed by atoms with Gasteiger partial charge in [0.1, 0.15) is 5.75 Å². The maximum atomic E-state index is 12.5. The minimum Gasteiger partial charge on any atom is -0.496 e. The van der Waals surface area contributed by atoms with Gasteiger partial charge in [-0.05, 0) is 44.5 Å². The molecule has 0 radical (unpaired) electrons. The zero-order valence-electron chi connectivity index (χ0n) is 13.8. The highest BCUT2D eigenvalue weighted by Gasteiger charge is 2.25. The van der Waals surface area contributed by atoms with Gasteiger partial charge in [-0.2, -0.15) is 4.31 Å². The van der Waals surface area contributed by atoms with Crippen molar-refractivity contribution in [1.29, 1.82) is 0 Å². The molecule has 0 unspecified atom stereocenters. The second kappa shape index (κ2) is 7.60. The third-order valence-electron chi connectivity index (χ3n) is 3.55. The van der Waals surface area contributed by atoms with E-state index in [0.717, 1.165) is 9.87 Å². The Kier molecular flexibility index (Phi) is 6.37. The minimum absolute atomic E-state index is 0.153. The van der Waals surface area contributed by atoms with Crippen molar-refractivity contribution in [3.63, 3.8) is 0 Å². The zero-order chi connectivity index (χ0) is 16.9. The van der Waals surface area contributed by atoms with Gasteiger partial charge in [0.2, 0.25) is 15.9 Å². The molecule has 124 valence electrons. The molecule has 0 saturated carbocycles. The van der Waals surface area contributed by atoms with E-state index in [0.29, 0.717) is 18.8 Å². The largest absolute Gasteiger partial charge is 0.496 e. The molecule has 0 N–H and O–H groups in total. The molecule has 0 aliphatic carbocycles. The first-order valence-corrected chi connectivity index (χ1v) is 8.60. The van der Waals surface area contributed by atoms with E-state index in [9.17, 15) is 13.2 Å². The monoisotopic (exact) mass is 328 g/mol. The molecule has 0 heterocycles. The van der Waals surface area contributed by atoms with Crippen LogP contribution in [0.3, 0.4) is 0 Å². The lowest BCUT2D eigenvalue weighted by Crippen LogP contribution is -2.40. The number of hydrogen-bond acceptors (Lipinski definition) is 4. The molecular weight excluding hydrogens is 304 g/mol. The molecule has 1 aromatic rings. The van der Waals surface area contributed by atoms with E-state index < -0.39 is 10.0 Å². The summed E-state index contributed by atoms with van der Waals surface area (Å²) in [5, 5.41) is 0. The molecule has 0 atom stereocenters. The fourth-order valence-corrected chi connectivity index (χ4v) is 3.35. The fraction of sp³-hybridized carbons (Fsp3) is 0.533. The van der Waals surface area contributed by atoms with E-state index in [2.05, 4.69) is 0 Å². The van der Waals surface area contributed by atoms with Gasteiger partial charge in [-0.25, -0.2) is 8.42 Å². The highest BCUT2D eigenvalue weighted by Crippen LogP contribution is 2.23. The Labute approximate surface area is 132 Å². The Morgan fingerprint density at radius 2 is 1.82 bits per heavy atom. The van der Waals surface area contributed by atoms with Crippen molar-refractivity contribution in [1.82, 2.24) is 9.21 Å². The van der Waals surface area contributed by atoms with Gasteiger partial charge in [-0.1, -0.05) is 0 Å². The number of likely N-dealkylation sites (N-methyl/N-ethyl adjacent to an activating group) is 2. The molecular formula is C15H24N2O4S. The maximum absolute atomic E-state index is 12.5. The van der Waals surface area contributed by atoms with Crippen LogP contribution in [0.2, 0.25) is 0 Å². The van der Waals surface area contributed by atoms with Crippen LogP contribution in [0.15, 0.2) is 23.1 Å². The van der Waals surface area contributed by atoms with Crippen LogP contribution in [0.1, 0.15) is 19.4 Å². The Morgan fingerprint density at radius 1 is 1.23 bits per heavy atom. The Balaban J connectivity index is 2.98. The number of benzene rings is 1. The van der Waals surface area contributed by atoms with Gasteiger partial charge in [0.15, 0.2) is 0 Å². The molecule has 0 bridgehead atoms. The van der Waals surface area contributed by atoms with E-state index in [1.54, 1.807) is 24.0 Å². The molecule has 0 fully saturated rings. The van der Waals surface area contributed by atoms with Crippen molar-refractivity contribution in [3.05, 3.63) is 23.8 Å². The Bertz CT molecular complexity index is 624. The van der Waals surface area contributed by atoms with E-state index in [1.807, 2.05) is 13.8 Å². The van der Waals surface area contributed by atoms with E-state index in [4.69, 9.17) is 4.74 Å². The average molecular weight is 328 g/mol. The first-order valence-electron chi connectivity index (χ1n) is 7.16. The van der Waals surface area contributed by atoms with Crippen molar-refractivity contribution >= 4 is 15.9 Å². The number of amides is 1. The van der Waals surface area contributed by atoms with Crippen LogP contribution in [-0.4, -0.2) is 57.3 Å². The van der Waals surface area contributed by atoms with Gasteiger partial charge in [-0.3, -0.25) is 4.79 Å². The van der Waals surface area contributed by atoms with Crippen LogP contribution in [0.4, 0.5) is 0 Å². The molecule has 22 heavy (non-hydrogen) atoms. The zero-order valence-corrected chi connectivity index (χ0v) is 14.6. The molecule has 1 aromatic carbocycles. The Morgan fingerprint density at radius 3 is 2.27 bits per heavy atom. The average Bonchev–Trinajstić information content (AvgIpc) is 2.48. The lowest BCUT2D eigenvalue weighted by atomic mass is 10.2. The lowest BCUT2D eigenvalue weighted by Gasteiger charge is -2.23. The molecule has 1 amide bonds. The summed E-state index contributed by atoms with van der Waals surface area (Å²) in [6.45, 7) is 6.45. The first kappa shape index (κ1) is 18.4. The summed E-state index contributed by atoms with van der Waals surface area (Å²) in [5.74, 6) is 0.419. The Hall–Kier alpha value is -1.60. The normalized spacial score (nSPS) is 11.5. The summed E-state index contributed by atoms with van der Waals surface area (Å²) in [5.41, 5.74) is 0.729. The number of carbonyl (C=O) groups is 1. The number of nitrogens with zero attached hydrogens (tertiary/aromatic N) is 2. The maximum Gasteiger partial charge on any atom is 0.243 e. The number of hydrogen-bond donors (Lipinski definition) is 0. The number of ether oxygens (including phenoxy) is 1. The molecule has 6 nitrogen and oxygen atoms in total. The topological polar surface area (TPSA) is 66.9 Å². The summed E-state index contributed by atoms with van der Waals surface area (Å²) in [4.78, 5) is 13.8. The van der Waals surface area contributed by atoms with Crippen molar-refractivity contribution in [3.8, 4) is 5.75 Å². The third kappa shape index (κ3) is 3.98. The molecule has 7 heteroatoms. The molecule has 1 rings (SSSR count). The minimum atomic E-state index is -3.70. The SMILES string of the molecule is CCN(CC)C(=O)CN(C)S(=O)(=O)c1ccc(OC)c(C)c1. The van der Waals surface area contributed by atoms with Gasteiger partial charge in [0.05, 0.1) is 18.6 Å². The van der Waals surface area contributed by atoms with Gasteiger partial charge >= 0.3 is 0 Å². The second-order valence-corrected chi connectivity index (χ2v) is 7.00. The number of carbonyl (C=O) groups excluding carboxylic acids is 1. The van der Waals surface area contributed by atoms with Crippen LogP contribution >= 0.6 is 0 Å². The molecule has 0 aliphatic heterocycles.